The highest BCUT2D eigenvalue weighted by atomic mass is 16.5. The number of rotatable bonds is 3. The molecule has 0 radical (unpaired) electrons. The Morgan fingerprint density at radius 2 is 1.75 bits per heavy atom. The second-order valence-corrected chi connectivity index (χ2v) is 4.18. The molecule has 2 unspecified atom stereocenters. The predicted molar refractivity (Wildman–Crippen MR) is 62.1 cm³/mol. The molecule has 3 nitrogen and oxygen atoms in total. The Labute approximate surface area is 96.1 Å². The zero-order valence-electron chi connectivity index (χ0n) is 10.2. The van der Waals surface area contributed by atoms with E-state index in [0.717, 1.165) is 16.7 Å². The highest BCUT2D eigenvalue weighted by molar-refractivity contribution is 5.72. The second-order valence-electron chi connectivity index (χ2n) is 4.18. The number of hydrogen-bond donors (Lipinski definition) is 1. The minimum Gasteiger partial charge on any atom is -0.469 e. The Balaban J connectivity index is 2.95. The Morgan fingerprint density at radius 1 is 1.25 bits per heavy atom. The van der Waals surface area contributed by atoms with Crippen LogP contribution in [0.4, 0.5) is 0 Å². The van der Waals surface area contributed by atoms with E-state index in [4.69, 9.17) is 0 Å². The molecule has 2 atom stereocenters. The van der Waals surface area contributed by atoms with Crippen molar-refractivity contribution < 1.29 is 14.6 Å². The van der Waals surface area contributed by atoms with Crippen LogP contribution in [-0.2, 0) is 9.53 Å². The smallest absolute Gasteiger partial charge is 0.311 e. The molecule has 0 aliphatic heterocycles. The maximum atomic E-state index is 11.3. The fourth-order valence-electron chi connectivity index (χ4n) is 1.78. The van der Waals surface area contributed by atoms with Crippen molar-refractivity contribution in [1.82, 2.24) is 0 Å². The molecular weight excluding hydrogens is 204 g/mol. The summed E-state index contributed by atoms with van der Waals surface area (Å²) in [6.45, 7) is 5.59. The van der Waals surface area contributed by atoms with Gasteiger partial charge in [-0.25, -0.2) is 0 Å². The number of carbonyl (C=O) groups excluding carboxylic acids is 1. The van der Waals surface area contributed by atoms with E-state index in [0.29, 0.717) is 0 Å². The maximum absolute atomic E-state index is 11.3. The summed E-state index contributed by atoms with van der Waals surface area (Å²) in [7, 11) is 1.33. The van der Waals surface area contributed by atoms with Gasteiger partial charge in [-0.1, -0.05) is 29.3 Å². The van der Waals surface area contributed by atoms with Gasteiger partial charge in [0.1, 0.15) is 0 Å². The molecule has 88 valence electrons. The van der Waals surface area contributed by atoms with Crippen LogP contribution in [0.1, 0.15) is 29.7 Å². The predicted octanol–water partition coefficient (Wildman–Crippen LogP) is 2.15. The lowest BCUT2D eigenvalue weighted by molar-refractivity contribution is -0.148. The summed E-state index contributed by atoms with van der Waals surface area (Å²) < 4.78 is 4.62. The quantitative estimate of drug-likeness (QED) is 0.797. The molecule has 0 bridgehead atoms. The van der Waals surface area contributed by atoms with E-state index < -0.39 is 18.0 Å². The van der Waals surface area contributed by atoms with Gasteiger partial charge in [0.05, 0.1) is 19.1 Å². The van der Waals surface area contributed by atoms with E-state index >= 15 is 0 Å². The summed E-state index contributed by atoms with van der Waals surface area (Å²) in [5.41, 5.74) is 2.91. The first kappa shape index (κ1) is 12.7. The van der Waals surface area contributed by atoms with Crippen molar-refractivity contribution in [3.8, 4) is 0 Å². The zero-order valence-corrected chi connectivity index (χ0v) is 10.2. The van der Waals surface area contributed by atoms with Crippen LogP contribution in [0.25, 0.3) is 0 Å². The van der Waals surface area contributed by atoms with Crippen LogP contribution in [0.2, 0.25) is 0 Å². The summed E-state index contributed by atoms with van der Waals surface area (Å²) >= 11 is 0. The van der Waals surface area contributed by atoms with Gasteiger partial charge in [0.2, 0.25) is 0 Å². The molecule has 16 heavy (non-hydrogen) atoms. The molecule has 1 N–H and O–H groups in total. The van der Waals surface area contributed by atoms with Gasteiger partial charge in [-0.3, -0.25) is 4.79 Å². The molecule has 0 aliphatic carbocycles. The first-order valence-electron chi connectivity index (χ1n) is 5.29. The summed E-state index contributed by atoms with van der Waals surface area (Å²) in [4.78, 5) is 11.3. The molecule has 1 rings (SSSR count). The first-order chi connectivity index (χ1) is 7.45. The van der Waals surface area contributed by atoms with Crippen LogP contribution in [0.3, 0.4) is 0 Å². The van der Waals surface area contributed by atoms with Crippen LogP contribution in [0.15, 0.2) is 18.2 Å². The molecule has 0 heterocycles. The van der Waals surface area contributed by atoms with Crippen molar-refractivity contribution in [3.63, 3.8) is 0 Å². The average Bonchev–Trinajstić information content (AvgIpc) is 2.24. The van der Waals surface area contributed by atoms with Gasteiger partial charge >= 0.3 is 5.97 Å². The number of aryl methyl sites for hydroxylation is 2. The Hall–Kier alpha value is -1.35. The van der Waals surface area contributed by atoms with Gasteiger partial charge in [0.25, 0.3) is 0 Å². The molecule has 0 spiro atoms. The number of methoxy groups -OCH3 is 1. The van der Waals surface area contributed by atoms with Gasteiger partial charge < -0.3 is 9.84 Å². The number of carbonyl (C=O) groups is 1. The molecule has 0 saturated carbocycles. The number of ether oxygens (including phenoxy) is 1. The van der Waals surface area contributed by atoms with Crippen molar-refractivity contribution in [3.05, 3.63) is 34.9 Å². The fraction of sp³-hybridized carbons (Fsp3) is 0.462. The van der Waals surface area contributed by atoms with E-state index in [1.165, 1.54) is 7.11 Å². The average molecular weight is 222 g/mol. The summed E-state index contributed by atoms with van der Waals surface area (Å²) in [5, 5.41) is 10.0. The number of hydrogen-bond acceptors (Lipinski definition) is 3. The van der Waals surface area contributed by atoms with E-state index in [1.807, 2.05) is 32.0 Å². The Bertz CT molecular complexity index is 365. The largest absolute Gasteiger partial charge is 0.469 e. The Morgan fingerprint density at radius 3 is 2.19 bits per heavy atom. The SMILES string of the molecule is COC(=O)C(C)C(O)c1cc(C)cc(C)c1. The van der Waals surface area contributed by atoms with Crippen molar-refractivity contribution in [2.24, 2.45) is 5.92 Å². The standard InChI is InChI=1S/C13H18O3/c1-8-5-9(2)7-11(6-8)12(14)10(3)13(15)16-4/h5-7,10,12,14H,1-4H3. The lowest BCUT2D eigenvalue weighted by Gasteiger charge is -2.18. The number of esters is 1. The molecule has 0 fully saturated rings. The molecule has 0 saturated heterocycles. The molecular formula is C13H18O3. The molecule has 3 heteroatoms. The summed E-state index contributed by atoms with van der Waals surface area (Å²) in [6.07, 6.45) is -0.814. The monoisotopic (exact) mass is 222 g/mol. The first-order valence-corrected chi connectivity index (χ1v) is 5.29. The van der Waals surface area contributed by atoms with E-state index in [9.17, 15) is 9.90 Å². The maximum Gasteiger partial charge on any atom is 0.311 e. The molecule has 1 aromatic rings. The second kappa shape index (κ2) is 5.12. The summed E-state index contributed by atoms with van der Waals surface area (Å²) in [6, 6.07) is 5.80. The normalized spacial score (nSPS) is 14.3. The van der Waals surface area contributed by atoms with Crippen molar-refractivity contribution in [2.75, 3.05) is 7.11 Å². The van der Waals surface area contributed by atoms with Gasteiger partial charge in [-0.2, -0.15) is 0 Å². The lowest BCUT2D eigenvalue weighted by Crippen LogP contribution is -2.20. The van der Waals surface area contributed by atoms with Crippen molar-refractivity contribution in [2.45, 2.75) is 26.9 Å². The fourth-order valence-corrected chi connectivity index (χ4v) is 1.78. The molecule has 0 aromatic heterocycles. The van der Waals surface area contributed by atoms with Crippen molar-refractivity contribution >= 4 is 5.97 Å². The lowest BCUT2D eigenvalue weighted by atomic mass is 9.95. The highest BCUT2D eigenvalue weighted by Crippen LogP contribution is 2.24. The summed E-state index contributed by atoms with van der Waals surface area (Å²) in [5.74, 6) is -0.946. The van der Waals surface area contributed by atoms with Gasteiger partial charge in [-0.15, -0.1) is 0 Å². The van der Waals surface area contributed by atoms with Crippen molar-refractivity contribution in [1.29, 1.82) is 0 Å². The third-order valence-electron chi connectivity index (χ3n) is 2.63. The van der Waals surface area contributed by atoms with Gasteiger partial charge in [0, 0.05) is 0 Å². The van der Waals surface area contributed by atoms with E-state index in [1.54, 1.807) is 6.92 Å². The van der Waals surface area contributed by atoms with Gasteiger partial charge in [-0.05, 0) is 26.3 Å². The minimum atomic E-state index is -0.814. The van der Waals surface area contributed by atoms with Crippen LogP contribution < -0.4 is 0 Å². The van der Waals surface area contributed by atoms with Crippen LogP contribution in [-0.4, -0.2) is 18.2 Å². The third kappa shape index (κ3) is 2.83. The molecule has 0 amide bonds. The van der Waals surface area contributed by atoms with E-state index in [-0.39, 0.29) is 0 Å². The number of aliphatic hydroxyl groups is 1. The topological polar surface area (TPSA) is 46.5 Å². The van der Waals surface area contributed by atoms with Gasteiger partial charge in [0.15, 0.2) is 0 Å². The number of benzene rings is 1. The third-order valence-corrected chi connectivity index (χ3v) is 2.63. The highest BCUT2D eigenvalue weighted by Gasteiger charge is 2.24. The van der Waals surface area contributed by atoms with Crippen LogP contribution in [0, 0.1) is 19.8 Å². The zero-order chi connectivity index (χ0) is 12.3. The van der Waals surface area contributed by atoms with Crippen LogP contribution >= 0.6 is 0 Å². The minimum absolute atomic E-state index is 0.397. The molecule has 0 aliphatic rings. The van der Waals surface area contributed by atoms with Crippen LogP contribution in [0.5, 0.6) is 0 Å². The Kier molecular flexibility index (Phi) is 4.07. The number of aliphatic hydroxyl groups excluding tert-OH is 1. The van der Waals surface area contributed by atoms with E-state index in [2.05, 4.69) is 4.74 Å². The molecule has 1 aromatic carbocycles.